The van der Waals surface area contributed by atoms with Crippen molar-refractivity contribution in [3.05, 3.63) is 21.9 Å². The molecule has 1 aromatic heterocycles. The number of hydrogen-bond acceptors (Lipinski definition) is 4. The normalized spacial score (nSPS) is 19.7. The molecule has 0 radical (unpaired) electrons. The van der Waals surface area contributed by atoms with E-state index in [-0.39, 0.29) is 5.78 Å². The number of rotatable bonds is 1. The molecule has 2 rings (SSSR count). The summed E-state index contributed by atoms with van der Waals surface area (Å²) in [5.41, 5.74) is 0.443. The average molecular weight is 238 g/mol. The van der Waals surface area contributed by atoms with Gasteiger partial charge in [0.05, 0.1) is 4.88 Å². The van der Waals surface area contributed by atoms with Crippen LogP contribution in [0.15, 0.2) is 11.4 Å². The fourth-order valence-electron chi connectivity index (χ4n) is 1.75. The molecule has 0 bridgehead atoms. The fraction of sp³-hybridized carbons (Fsp3) is 0.500. The zero-order chi connectivity index (χ0) is 11.9. The Morgan fingerprint density at radius 3 is 2.75 bits per heavy atom. The van der Waals surface area contributed by atoms with Crippen molar-refractivity contribution in [1.82, 2.24) is 0 Å². The van der Waals surface area contributed by atoms with Crippen molar-refractivity contribution in [3.8, 4) is 0 Å². The first-order valence-electron chi connectivity index (χ1n) is 5.22. The van der Waals surface area contributed by atoms with Crippen LogP contribution in [0.2, 0.25) is 0 Å². The van der Waals surface area contributed by atoms with Crippen LogP contribution in [0.3, 0.4) is 0 Å². The quantitative estimate of drug-likeness (QED) is 0.557. The van der Waals surface area contributed by atoms with Gasteiger partial charge in [-0.25, -0.2) is 0 Å². The molecule has 1 atom stereocenters. The van der Waals surface area contributed by atoms with E-state index in [2.05, 4.69) is 0 Å². The zero-order valence-electron chi connectivity index (χ0n) is 9.57. The summed E-state index contributed by atoms with van der Waals surface area (Å²) in [6.45, 7) is 5.42. The highest BCUT2D eigenvalue weighted by Gasteiger charge is 2.39. The molecule has 0 N–H and O–H groups in total. The van der Waals surface area contributed by atoms with Crippen molar-refractivity contribution in [2.24, 2.45) is 5.92 Å². The summed E-state index contributed by atoms with van der Waals surface area (Å²) < 4.78 is 5.24. The predicted molar refractivity (Wildman–Crippen MR) is 61.7 cm³/mol. The number of esters is 1. The first-order chi connectivity index (χ1) is 7.38. The second-order valence-electron chi connectivity index (χ2n) is 4.93. The van der Waals surface area contributed by atoms with Crippen molar-refractivity contribution >= 4 is 23.1 Å². The van der Waals surface area contributed by atoms with Crippen LogP contribution in [0.25, 0.3) is 0 Å². The number of fused-ring (bicyclic) bond motifs is 1. The van der Waals surface area contributed by atoms with Crippen LogP contribution in [0.1, 0.15) is 36.0 Å². The lowest BCUT2D eigenvalue weighted by molar-refractivity contribution is -0.157. The van der Waals surface area contributed by atoms with E-state index in [0.717, 1.165) is 10.4 Å². The minimum Gasteiger partial charge on any atom is -0.459 e. The monoisotopic (exact) mass is 238 g/mol. The lowest BCUT2D eigenvalue weighted by Crippen LogP contribution is -2.31. The Morgan fingerprint density at radius 2 is 2.19 bits per heavy atom. The standard InChI is InChI=1S/C12H14O3S/c1-12(2,3)15-11(14)8-6-7-4-5-16-10(7)9(8)13/h4-5,8H,6H2,1-3H3. The van der Waals surface area contributed by atoms with Crippen molar-refractivity contribution < 1.29 is 14.3 Å². The van der Waals surface area contributed by atoms with Gasteiger partial charge in [0, 0.05) is 0 Å². The minimum absolute atomic E-state index is 0.0840. The number of ether oxygens (including phenoxy) is 1. The van der Waals surface area contributed by atoms with Crippen LogP contribution < -0.4 is 0 Å². The van der Waals surface area contributed by atoms with Crippen molar-refractivity contribution in [2.45, 2.75) is 32.8 Å². The third kappa shape index (κ3) is 2.02. The van der Waals surface area contributed by atoms with Gasteiger partial charge >= 0.3 is 5.97 Å². The van der Waals surface area contributed by atoms with Crippen molar-refractivity contribution in [3.63, 3.8) is 0 Å². The van der Waals surface area contributed by atoms with E-state index < -0.39 is 17.5 Å². The summed E-state index contributed by atoms with van der Waals surface area (Å²) in [4.78, 5) is 24.4. The van der Waals surface area contributed by atoms with Crippen molar-refractivity contribution in [2.75, 3.05) is 0 Å². The highest BCUT2D eigenvalue weighted by atomic mass is 32.1. The number of carbonyl (C=O) groups is 2. The summed E-state index contributed by atoms with van der Waals surface area (Å²) in [6, 6.07) is 1.91. The molecule has 0 aliphatic heterocycles. The molecule has 0 saturated carbocycles. The number of Topliss-reactive ketones (excluding diaryl/α,β-unsaturated/α-hetero) is 1. The summed E-state index contributed by atoms with van der Waals surface area (Å²) in [5.74, 6) is -1.11. The van der Waals surface area contributed by atoms with Gasteiger partial charge in [-0.2, -0.15) is 0 Å². The number of ketones is 1. The third-order valence-electron chi connectivity index (χ3n) is 2.40. The van der Waals surface area contributed by atoms with Crippen LogP contribution in [0.4, 0.5) is 0 Å². The predicted octanol–water partition coefficient (Wildman–Crippen LogP) is 2.44. The molecule has 1 aliphatic rings. The van der Waals surface area contributed by atoms with Gasteiger partial charge in [0.2, 0.25) is 0 Å². The van der Waals surface area contributed by atoms with E-state index in [4.69, 9.17) is 4.74 Å². The maximum absolute atomic E-state index is 11.9. The van der Waals surface area contributed by atoms with E-state index in [0.29, 0.717) is 6.42 Å². The summed E-state index contributed by atoms with van der Waals surface area (Å²) in [5, 5.41) is 1.88. The average Bonchev–Trinajstić information content (AvgIpc) is 2.66. The Hall–Kier alpha value is -1.16. The Labute approximate surface area is 98.4 Å². The number of hydrogen-bond donors (Lipinski definition) is 0. The van der Waals surface area contributed by atoms with Gasteiger partial charge in [0.15, 0.2) is 5.78 Å². The van der Waals surface area contributed by atoms with Crippen LogP contribution >= 0.6 is 11.3 Å². The molecule has 1 aliphatic carbocycles. The van der Waals surface area contributed by atoms with Gasteiger partial charge in [-0.05, 0) is 44.2 Å². The molecule has 1 aromatic rings. The lowest BCUT2D eigenvalue weighted by atomic mass is 10.1. The second kappa shape index (κ2) is 3.70. The Balaban J connectivity index is 2.12. The van der Waals surface area contributed by atoms with Gasteiger partial charge in [-0.15, -0.1) is 11.3 Å². The highest BCUT2D eigenvalue weighted by molar-refractivity contribution is 7.12. The van der Waals surface area contributed by atoms with Crippen LogP contribution in [-0.4, -0.2) is 17.4 Å². The first kappa shape index (κ1) is 11.3. The molecular formula is C12H14O3S. The van der Waals surface area contributed by atoms with E-state index in [1.807, 2.05) is 11.4 Å². The van der Waals surface area contributed by atoms with Crippen molar-refractivity contribution in [1.29, 1.82) is 0 Å². The number of carbonyl (C=O) groups excluding carboxylic acids is 2. The Bertz CT molecular complexity index is 439. The number of thiophene rings is 1. The minimum atomic E-state index is -0.623. The van der Waals surface area contributed by atoms with Crippen LogP contribution in [0.5, 0.6) is 0 Å². The van der Waals surface area contributed by atoms with Crippen LogP contribution in [0, 0.1) is 5.92 Å². The molecule has 0 amide bonds. The Morgan fingerprint density at radius 1 is 1.50 bits per heavy atom. The maximum atomic E-state index is 11.9. The molecule has 4 heteroatoms. The molecule has 0 fully saturated rings. The smallest absolute Gasteiger partial charge is 0.317 e. The highest BCUT2D eigenvalue weighted by Crippen LogP contribution is 2.32. The molecule has 0 aromatic carbocycles. The molecule has 0 saturated heterocycles. The van der Waals surface area contributed by atoms with Gasteiger partial charge in [-0.3, -0.25) is 9.59 Å². The topological polar surface area (TPSA) is 43.4 Å². The van der Waals surface area contributed by atoms with Gasteiger partial charge < -0.3 is 4.74 Å². The van der Waals surface area contributed by atoms with Crippen LogP contribution in [-0.2, 0) is 16.0 Å². The SMILES string of the molecule is CC(C)(C)OC(=O)C1Cc2ccsc2C1=O. The molecule has 3 nitrogen and oxygen atoms in total. The summed E-state index contributed by atoms with van der Waals surface area (Å²) in [6.07, 6.45) is 0.493. The summed E-state index contributed by atoms with van der Waals surface area (Å²) >= 11 is 1.40. The van der Waals surface area contributed by atoms with E-state index in [1.165, 1.54) is 11.3 Å². The first-order valence-corrected chi connectivity index (χ1v) is 6.10. The van der Waals surface area contributed by atoms with Gasteiger partial charge in [0.25, 0.3) is 0 Å². The summed E-state index contributed by atoms with van der Waals surface area (Å²) in [7, 11) is 0. The lowest BCUT2D eigenvalue weighted by Gasteiger charge is -2.21. The molecule has 86 valence electrons. The largest absolute Gasteiger partial charge is 0.459 e. The van der Waals surface area contributed by atoms with Gasteiger partial charge in [-0.1, -0.05) is 0 Å². The Kier molecular flexibility index (Phi) is 2.62. The molecule has 1 unspecified atom stereocenters. The zero-order valence-corrected chi connectivity index (χ0v) is 10.4. The maximum Gasteiger partial charge on any atom is 0.317 e. The third-order valence-corrected chi connectivity index (χ3v) is 3.37. The second-order valence-corrected chi connectivity index (χ2v) is 5.85. The molecule has 16 heavy (non-hydrogen) atoms. The molecular weight excluding hydrogens is 224 g/mol. The molecule has 0 spiro atoms. The van der Waals surface area contributed by atoms with E-state index in [1.54, 1.807) is 20.8 Å². The molecule has 1 heterocycles. The fourth-order valence-corrected chi connectivity index (χ4v) is 2.68. The van der Waals surface area contributed by atoms with E-state index in [9.17, 15) is 9.59 Å². The van der Waals surface area contributed by atoms with E-state index >= 15 is 0 Å². The van der Waals surface area contributed by atoms with Gasteiger partial charge in [0.1, 0.15) is 11.5 Å².